The van der Waals surface area contributed by atoms with Gasteiger partial charge in [0.25, 0.3) is 0 Å². The van der Waals surface area contributed by atoms with Gasteiger partial charge in [-0.2, -0.15) is 0 Å². The van der Waals surface area contributed by atoms with Gasteiger partial charge in [0.1, 0.15) is 0 Å². The van der Waals surface area contributed by atoms with Crippen LogP contribution in [0.5, 0.6) is 0 Å². The van der Waals surface area contributed by atoms with Crippen molar-refractivity contribution in [3.63, 3.8) is 0 Å². The Labute approximate surface area is 85.8 Å². The van der Waals surface area contributed by atoms with Crippen LogP contribution in [0.2, 0.25) is 0 Å². The minimum absolute atomic E-state index is 0.233. The Morgan fingerprint density at radius 2 is 2.00 bits per heavy atom. The Morgan fingerprint density at radius 1 is 1.29 bits per heavy atom. The van der Waals surface area contributed by atoms with Gasteiger partial charge in [0.05, 0.1) is 6.10 Å². The Hall–Kier alpha value is -0.820. The number of hydrogen-bond acceptors (Lipinski definition) is 1. The molecule has 14 heavy (non-hydrogen) atoms. The SMILES string of the molecule is Cc1cccc(C(O)C2CCC2)c1C. The third-order valence-corrected chi connectivity index (χ3v) is 3.56. The summed E-state index contributed by atoms with van der Waals surface area (Å²) < 4.78 is 0. The lowest BCUT2D eigenvalue weighted by atomic mass is 9.77. The van der Waals surface area contributed by atoms with Gasteiger partial charge in [-0.05, 0) is 49.3 Å². The lowest BCUT2D eigenvalue weighted by molar-refractivity contribution is 0.0615. The molecule has 0 radical (unpaired) electrons. The molecule has 0 aliphatic heterocycles. The van der Waals surface area contributed by atoms with Crippen molar-refractivity contribution in [1.82, 2.24) is 0 Å². The lowest BCUT2D eigenvalue weighted by Crippen LogP contribution is -2.20. The summed E-state index contributed by atoms with van der Waals surface area (Å²) >= 11 is 0. The Kier molecular flexibility index (Phi) is 2.60. The molecule has 1 atom stereocenters. The summed E-state index contributed by atoms with van der Waals surface area (Å²) in [6.07, 6.45) is 3.43. The van der Waals surface area contributed by atoms with Crippen LogP contribution in [0.3, 0.4) is 0 Å². The van der Waals surface area contributed by atoms with Gasteiger partial charge in [-0.25, -0.2) is 0 Å². The molecule has 0 spiro atoms. The largest absolute Gasteiger partial charge is 0.388 e. The molecule has 1 aliphatic rings. The van der Waals surface area contributed by atoms with Gasteiger partial charge in [0, 0.05) is 0 Å². The zero-order valence-electron chi connectivity index (χ0n) is 8.96. The second kappa shape index (κ2) is 3.74. The van der Waals surface area contributed by atoms with E-state index in [2.05, 4.69) is 26.0 Å². The van der Waals surface area contributed by atoms with E-state index < -0.39 is 0 Å². The van der Waals surface area contributed by atoms with E-state index in [1.54, 1.807) is 0 Å². The summed E-state index contributed by atoms with van der Waals surface area (Å²) in [6.45, 7) is 4.21. The highest BCUT2D eigenvalue weighted by molar-refractivity contribution is 5.35. The van der Waals surface area contributed by atoms with E-state index in [0.29, 0.717) is 5.92 Å². The van der Waals surface area contributed by atoms with Crippen molar-refractivity contribution in [3.8, 4) is 0 Å². The van der Waals surface area contributed by atoms with Crippen molar-refractivity contribution in [2.45, 2.75) is 39.2 Å². The molecule has 0 saturated heterocycles. The minimum Gasteiger partial charge on any atom is -0.388 e. The average molecular weight is 190 g/mol. The van der Waals surface area contributed by atoms with Crippen LogP contribution in [0, 0.1) is 19.8 Å². The van der Waals surface area contributed by atoms with Gasteiger partial charge >= 0.3 is 0 Å². The second-order valence-electron chi connectivity index (χ2n) is 4.42. The highest BCUT2D eigenvalue weighted by atomic mass is 16.3. The molecular formula is C13H18O. The monoisotopic (exact) mass is 190 g/mol. The maximum absolute atomic E-state index is 10.1. The van der Waals surface area contributed by atoms with Gasteiger partial charge in [-0.15, -0.1) is 0 Å². The maximum Gasteiger partial charge on any atom is 0.0820 e. The highest BCUT2D eigenvalue weighted by Gasteiger charge is 2.27. The summed E-state index contributed by atoms with van der Waals surface area (Å²) in [6, 6.07) is 6.21. The van der Waals surface area contributed by atoms with Crippen LogP contribution >= 0.6 is 0 Å². The molecule has 1 unspecified atom stereocenters. The third-order valence-electron chi connectivity index (χ3n) is 3.56. The summed E-state index contributed by atoms with van der Waals surface area (Å²) in [5, 5.41) is 10.1. The average Bonchev–Trinajstić information content (AvgIpc) is 2.06. The van der Waals surface area contributed by atoms with Crippen LogP contribution in [-0.2, 0) is 0 Å². The Balaban J connectivity index is 2.26. The van der Waals surface area contributed by atoms with Crippen LogP contribution < -0.4 is 0 Å². The van der Waals surface area contributed by atoms with Crippen molar-refractivity contribution < 1.29 is 5.11 Å². The first-order chi connectivity index (χ1) is 6.70. The van der Waals surface area contributed by atoms with E-state index in [-0.39, 0.29) is 6.10 Å². The molecule has 1 saturated carbocycles. The lowest BCUT2D eigenvalue weighted by Gasteiger charge is -2.31. The number of aliphatic hydroxyl groups excluding tert-OH is 1. The zero-order chi connectivity index (χ0) is 10.1. The van der Waals surface area contributed by atoms with Gasteiger partial charge in [-0.1, -0.05) is 24.6 Å². The van der Waals surface area contributed by atoms with Gasteiger partial charge in [0.15, 0.2) is 0 Å². The molecule has 0 aromatic heterocycles. The number of aryl methyl sites for hydroxylation is 1. The molecule has 0 bridgehead atoms. The minimum atomic E-state index is -0.233. The fourth-order valence-corrected chi connectivity index (χ4v) is 2.10. The summed E-state index contributed by atoms with van der Waals surface area (Å²) in [5.41, 5.74) is 3.67. The smallest absolute Gasteiger partial charge is 0.0820 e. The molecule has 1 nitrogen and oxygen atoms in total. The fourth-order valence-electron chi connectivity index (χ4n) is 2.10. The van der Waals surface area contributed by atoms with Crippen LogP contribution in [0.25, 0.3) is 0 Å². The number of benzene rings is 1. The topological polar surface area (TPSA) is 20.2 Å². The van der Waals surface area contributed by atoms with E-state index in [4.69, 9.17) is 0 Å². The predicted molar refractivity (Wildman–Crippen MR) is 58.2 cm³/mol. The van der Waals surface area contributed by atoms with Crippen LogP contribution in [-0.4, -0.2) is 5.11 Å². The molecule has 0 heterocycles. The fraction of sp³-hybridized carbons (Fsp3) is 0.538. The molecular weight excluding hydrogens is 172 g/mol. The van der Waals surface area contributed by atoms with Crippen LogP contribution in [0.4, 0.5) is 0 Å². The van der Waals surface area contributed by atoms with E-state index in [1.807, 2.05) is 6.07 Å². The quantitative estimate of drug-likeness (QED) is 0.759. The van der Waals surface area contributed by atoms with Crippen molar-refractivity contribution in [2.75, 3.05) is 0 Å². The van der Waals surface area contributed by atoms with Crippen molar-refractivity contribution in [1.29, 1.82) is 0 Å². The maximum atomic E-state index is 10.1. The number of aliphatic hydroxyl groups is 1. The van der Waals surface area contributed by atoms with Crippen LogP contribution in [0.1, 0.15) is 42.1 Å². The summed E-state index contributed by atoms with van der Waals surface area (Å²) in [7, 11) is 0. The second-order valence-corrected chi connectivity index (χ2v) is 4.42. The molecule has 1 N–H and O–H groups in total. The molecule has 1 aromatic carbocycles. The Bertz CT molecular complexity index is 326. The normalized spacial score (nSPS) is 19.1. The van der Waals surface area contributed by atoms with Crippen molar-refractivity contribution in [2.24, 2.45) is 5.92 Å². The van der Waals surface area contributed by atoms with E-state index in [9.17, 15) is 5.11 Å². The van der Waals surface area contributed by atoms with E-state index >= 15 is 0 Å². The van der Waals surface area contributed by atoms with Gasteiger partial charge < -0.3 is 5.11 Å². The summed E-state index contributed by atoms with van der Waals surface area (Å²) in [5.74, 6) is 0.510. The first-order valence-electron chi connectivity index (χ1n) is 5.44. The zero-order valence-corrected chi connectivity index (χ0v) is 8.96. The molecule has 1 aromatic rings. The van der Waals surface area contributed by atoms with E-state index in [0.717, 1.165) is 5.56 Å². The van der Waals surface area contributed by atoms with Crippen molar-refractivity contribution >= 4 is 0 Å². The predicted octanol–water partition coefficient (Wildman–Crippen LogP) is 3.14. The molecule has 1 aliphatic carbocycles. The first-order valence-corrected chi connectivity index (χ1v) is 5.44. The van der Waals surface area contributed by atoms with Gasteiger partial charge in [-0.3, -0.25) is 0 Å². The van der Waals surface area contributed by atoms with Crippen LogP contribution in [0.15, 0.2) is 18.2 Å². The number of rotatable bonds is 2. The first kappa shape index (κ1) is 9.72. The molecule has 76 valence electrons. The third kappa shape index (κ3) is 1.57. The molecule has 0 amide bonds. The molecule has 2 rings (SSSR count). The standard InChI is InChI=1S/C13H18O/c1-9-5-3-8-12(10(9)2)13(14)11-6-4-7-11/h3,5,8,11,13-14H,4,6-7H2,1-2H3. The Morgan fingerprint density at radius 3 is 2.57 bits per heavy atom. The van der Waals surface area contributed by atoms with E-state index in [1.165, 1.54) is 30.4 Å². The molecule has 1 fully saturated rings. The molecule has 1 heteroatoms. The summed E-state index contributed by atoms with van der Waals surface area (Å²) in [4.78, 5) is 0. The van der Waals surface area contributed by atoms with Gasteiger partial charge in [0.2, 0.25) is 0 Å². The van der Waals surface area contributed by atoms with Crippen molar-refractivity contribution in [3.05, 3.63) is 34.9 Å². The number of hydrogen-bond donors (Lipinski definition) is 1. The highest BCUT2D eigenvalue weighted by Crippen LogP contribution is 2.38.